The van der Waals surface area contributed by atoms with Gasteiger partial charge in [0.15, 0.2) is 0 Å². The van der Waals surface area contributed by atoms with Crippen molar-refractivity contribution >= 4 is 17.7 Å². The van der Waals surface area contributed by atoms with Crippen molar-refractivity contribution in [1.82, 2.24) is 14.9 Å². The number of anilines is 2. The zero-order chi connectivity index (χ0) is 19.8. The minimum Gasteiger partial charge on any atom is -0.496 e. The van der Waals surface area contributed by atoms with Crippen molar-refractivity contribution in [3.05, 3.63) is 42.2 Å². The summed E-state index contributed by atoms with van der Waals surface area (Å²) in [5, 5.41) is 6.75. The van der Waals surface area contributed by atoms with E-state index in [1.165, 1.54) is 0 Å². The highest BCUT2D eigenvalue weighted by Gasteiger charge is 2.23. The minimum absolute atomic E-state index is 0.231. The van der Waals surface area contributed by atoms with Gasteiger partial charge in [0.05, 0.1) is 13.7 Å². The summed E-state index contributed by atoms with van der Waals surface area (Å²) < 4.78 is 10.4. The molecule has 2 heterocycles. The average molecular weight is 385 g/mol. The molecule has 1 saturated heterocycles. The summed E-state index contributed by atoms with van der Waals surface area (Å²) in [5.41, 5.74) is 1.06. The van der Waals surface area contributed by atoms with Gasteiger partial charge < -0.3 is 25.0 Å². The molecule has 3 rings (SSSR count). The molecule has 1 amide bonds. The van der Waals surface area contributed by atoms with Crippen molar-refractivity contribution in [2.24, 2.45) is 0 Å². The van der Waals surface area contributed by atoms with Gasteiger partial charge in [-0.05, 0) is 25.8 Å². The third-order valence-electron chi connectivity index (χ3n) is 4.69. The quantitative estimate of drug-likeness (QED) is 0.757. The lowest BCUT2D eigenvalue weighted by atomic mass is 10.1. The van der Waals surface area contributed by atoms with Crippen molar-refractivity contribution in [2.75, 3.05) is 37.4 Å². The Kier molecular flexibility index (Phi) is 6.89. The Bertz CT molecular complexity index is 778. The Labute approximate surface area is 165 Å². The molecule has 1 aromatic heterocycles. The van der Waals surface area contributed by atoms with E-state index >= 15 is 0 Å². The van der Waals surface area contributed by atoms with Gasteiger partial charge in [-0.15, -0.1) is 0 Å². The van der Waals surface area contributed by atoms with E-state index < -0.39 is 0 Å². The molecule has 0 unspecified atom stereocenters. The van der Waals surface area contributed by atoms with E-state index in [0.29, 0.717) is 26.2 Å². The topological polar surface area (TPSA) is 88.6 Å². The van der Waals surface area contributed by atoms with Crippen molar-refractivity contribution in [3.8, 4) is 5.75 Å². The van der Waals surface area contributed by atoms with Crippen LogP contribution in [0.3, 0.4) is 0 Å². The molecule has 28 heavy (non-hydrogen) atoms. The lowest BCUT2D eigenvalue weighted by Crippen LogP contribution is -2.42. The molecule has 0 aliphatic carbocycles. The van der Waals surface area contributed by atoms with E-state index in [9.17, 15) is 4.79 Å². The van der Waals surface area contributed by atoms with E-state index in [1.54, 1.807) is 18.3 Å². The molecule has 0 atom stereocenters. The highest BCUT2D eigenvalue weighted by Crippen LogP contribution is 2.20. The third-order valence-corrected chi connectivity index (χ3v) is 4.69. The zero-order valence-corrected chi connectivity index (χ0v) is 16.4. The van der Waals surface area contributed by atoms with Crippen LogP contribution in [0.25, 0.3) is 0 Å². The second kappa shape index (κ2) is 9.77. The van der Waals surface area contributed by atoms with Gasteiger partial charge >= 0.3 is 6.09 Å². The van der Waals surface area contributed by atoms with Crippen LogP contribution in [-0.4, -0.2) is 53.8 Å². The number of nitrogens with zero attached hydrogens (tertiary/aromatic N) is 3. The van der Waals surface area contributed by atoms with E-state index in [2.05, 4.69) is 20.6 Å². The summed E-state index contributed by atoms with van der Waals surface area (Å²) in [5.74, 6) is 2.36. The van der Waals surface area contributed by atoms with Gasteiger partial charge in [-0.3, -0.25) is 0 Å². The molecular weight excluding hydrogens is 358 g/mol. The molecule has 1 aliphatic rings. The number of para-hydroxylation sites is 1. The van der Waals surface area contributed by atoms with Crippen LogP contribution in [-0.2, 0) is 11.3 Å². The van der Waals surface area contributed by atoms with Crippen LogP contribution in [0.1, 0.15) is 25.3 Å². The van der Waals surface area contributed by atoms with Crippen LogP contribution in [0, 0.1) is 0 Å². The van der Waals surface area contributed by atoms with Gasteiger partial charge in [0.2, 0.25) is 0 Å². The van der Waals surface area contributed by atoms with Crippen LogP contribution in [0.2, 0.25) is 0 Å². The first-order valence-corrected chi connectivity index (χ1v) is 9.55. The number of aromatic nitrogens is 2. The molecule has 8 nitrogen and oxygen atoms in total. The molecule has 0 spiro atoms. The minimum atomic E-state index is -0.231. The molecular formula is C20H27N5O3. The molecule has 1 aromatic carbocycles. The predicted octanol–water partition coefficient (Wildman–Crippen LogP) is 3.13. The fourth-order valence-electron chi connectivity index (χ4n) is 3.20. The molecule has 0 radical (unpaired) electrons. The average Bonchev–Trinajstić information content (AvgIpc) is 2.73. The summed E-state index contributed by atoms with van der Waals surface area (Å²) in [6.45, 7) is 4.20. The molecule has 2 N–H and O–H groups in total. The number of piperidine rings is 1. The number of rotatable bonds is 7. The number of carbonyl (C=O) groups excluding carboxylic acids is 1. The van der Waals surface area contributed by atoms with E-state index in [1.807, 2.05) is 37.3 Å². The first-order valence-electron chi connectivity index (χ1n) is 9.55. The molecule has 2 aromatic rings. The third kappa shape index (κ3) is 5.25. The van der Waals surface area contributed by atoms with Gasteiger partial charge in [-0.1, -0.05) is 18.2 Å². The molecule has 0 saturated carbocycles. The van der Waals surface area contributed by atoms with Crippen LogP contribution >= 0.6 is 0 Å². The number of likely N-dealkylation sites (tertiary alicyclic amines) is 1. The molecule has 150 valence electrons. The van der Waals surface area contributed by atoms with Crippen molar-refractivity contribution in [1.29, 1.82) is 0 Å². The molecule has 1 aliphatic heterocycles. The first-order chi connectivity index (χ1) is 13.7. The molecule has 8 heteroatoms. The number of carbonyl (C=O) groups is 1. The molecule has 0 bridgehead atoms. The summed E-state index contributed by atoms with van der Waals surface area (Å²) in [4.78, 5) is 22.1. The highest BCUT2D eigenvalue weighted by molar-refractivity contribution is 5.67. The molecule has 1 fully saturated rings. The number of amides is 1. The Morgan fingerprint density at radius 2 is 1.96 bits per heavy atom. The Morgan fingerprint density at radius 1 is 1.21 bits per heavy atom. The zero-order valence-electron chi connectivity index (χ0n) is 16.4. The van der Waals surface area contributed by atoms with Crippen LogP contribution in [0.15, 0.2) is 36.7 Å². The van der Waals surface area contributed by atoms with E-state index in [-0.39, 0.29) is 12.1 Å². The standard InChI is InChI=1S/C20H27N5O3/c1-3-28-20(26)25-10-8-16(9-11-25)24-19-12-18(22-14-23-19)21-13-15-6-4-5-7-17(15)27-2/h4-7,12,14,16H,3,8-11,13H2,1-2H3,(H2,21,22,23,24). The Balaban J connectivity index is 1.52. The maximum absolute atomic E-state index is 11.8. The number of ether oxygens (including phenoxy) is 2. The lowest BCUT2D eigenvalue weighted by Gasteiger charge is -2.31. The van der Waals surface area contributed by atoms with E-state index in [0.717, 1.165) is 35.8 Å². The first kappa shape index (κ1) is 19.7. The monoisotopic (exact) mass is 385 g/mol. The predicted molar refractivity (Wildman–Crippen MR) is 108 cm³/mol. The Morgan fingerprint density at radius 3 is 2.71 bits per heavy atom. The Hall–Kier alpha value is -3.03. The fourth-order valence-corrected chi connectivity index (χ4v) is 3.20. The summed E-state index contributed by atoms with van der Waals surface area (Å²) in [6.07, 6.45) is 3.02. The van der Waals surface area contributed by atoms with Gasteiger partial charge in [0.25, 0.3) is 0 Å². The smallest absolute Gasteiger partial charge is 0.409 e. The summed E-state index contributed by atoms with van der Waals surface area (Å²) >= 11 is 0. The normalized spacial score (nSPS) is 14.4. The summed E-state index contributed by atoms with van der Waals surface area (Å²) in [6, 6.07) is 10.0. The number of benzene rings is 1. The number of nitrogens with one attached hydrogen (secondary N) is 2. The van der Waals surface area contributed by atoms with Gasteiger partial charge in [0.1, 0.15) is 23.7 Å². The van der Waals surface area contributed by atoms with Gasteiger partial charge in [-0.2, -0.15) is 0 Å². The maximum atomic E-state index is 11.8. The fraction of sp³-hybridized carbons (Fsp3) is 0.450. The number of hydrogen-bond donors (Lipinski definition) is 2. The van der Waals surface area contributed by atoms with Crippen LogP contribution < -0.4 is 15.4 Å². The highest BCUT2D eigenvalue weighted by atomic mass is 16.6. The van der Waals surface area contributed by atoms with Gasteiger partial charge in [-0.25, -0.2) is 14.8 Å². The largest absolute Gasteiger partial charge is 0.496 e. The summed E-state index contributed by atoms with van der Waals surface area (Å²) in [7, 11) is 1.67. The number of methoxy groups -OCH3 is 1. The van der Waals surface area contributed by atoms with Gasteiger partial charge in [0, 0.05) is 37.3 Å². The second-order valence-electron chi connectivity index (χ2n) is 6.56. The van der Waals surface area contributed by atoms with Crippen molar-refractivity contribution < 1.29 is 14.3 Å². The number of hydrogen-bond acceptors (Lipinski definition) is 7. The maximum Gasteiger partial charge on any atom is 0.409 e. The lowest BCUT2D eigenvalue weighted by molar-refractivity contribution is 0.0983. The van der Waals surface area contributed by atoms with Crippen LogP contribution in [0.4, 0.5) is 16.4 Å². The second-order valence-corrected chi connectivity index (χ2v) is 6.56. The van der Waals surface area contributed by atoms with Crippen molar-refractivity contribution in [2.45, 2.75) is 32.4 Å². The van der Waals surface area contributed by atoms with Crippen LogP contribution in [0.5, 0.6) is 5.75 Å². The SMILES string of the molecule is CCOC(=O)N1CCC(Nc2cc(NCc3ccccc3OC)ncn2)CC1. The van der Waals surface area contributed by atoms with E-state index in [4.69, 9.17) is 9.47 Å². The van der Waals surface area contributed by atoms with Crippen molar-refractivity contribution in [3.63, 3.8) is 0 Å².